The predicted octanol–water partition coefficient (Wildman–Crippen LogP) is 4.21. The molecule has 4 heteroatoms. The largest absolute Gasteiger partial charge is 0.373 e. The summed E-state index contributed by atoms with van der Waals surface area (Å²) < 4.78 is 0. The number of pyridine rings is 1. The summed E-state index contributed by atoms with van der Waals surface area (Å²) in [4.78, 5) is 4.48. The van der Waals surface area contributed by atoms with E-state index in [0.29, 0.717) is 0 Å². The van der Waals surface area contributed by atoms with Gasteiger partial charge in [-0.25, -0.2) is 4.98 Å². The monoisotopic (exact) mass is 278 g/mol. The molecular weight excluding hydrogens is 264 g/mol. The molecular formula is C14H15ClN2S. The second-order valence-electron chi connectivity index (χ2n) is 3.85. The fourth-order valence-corrected chi connectivity index (χ4v) is 2.81. The highest BCUT2D eigenvalue weighted by Crippen LogP contribution is 2.23. The van der Waals surface area contributed by atoms with Gasteiger partial charge in [-0.1, -0.05) is 35.9 Å². The van der Waals surface area contributed by atoms with Gasteiger partial charge in [0, 0.05) is 23.6 Å². The van der Waals surface area contributed by atoms with Crippen LogP contribution in [0.1, 0.15) is 11.3 Å². The Morgan fingerprint density at radius 3 is 2.72 bits per heavy atom. The highest BCUT2D eigenvalue weighted by molar-refractivity contribution is 7.97. The Morgan fingerprint density at radius 1 is 1.11 bits per heavy atom. The van der Waals surface area contributed by atoms with Gasteiger partial charge in [0.15, 0.2) is 0 Å². The van der Waals surface area contributed by atoms with E-state index in [9.17, 15) is 0 Å². The van der Waals surface area contributed by atoms with Crippen molar-refractivity contribution < 1.29 is 0 Å². The molecule has 0 aliphatic carbocycles. The summed E-state index contributed by atoms with van der Waals surface area (Å²) in [5.74, 6) is 2.71. The number of aromatic nitrogens is 1. The number of nitrogens with one attached hydrogen (secondary N) is 1. The van der Waals surface area contributed by atoms with Crippen molar-refractivity contribution >= 4 is 29.2 Å². The zero-order valence-corrected chi connectivity index (χ0v) is 11.8. The number of rotatable bonds is 5. The summed E-state index contributed by atoms with van der Waals surface area (Å²) in [7, 11) is 1.88. The van der Waals surface area contributed by atoms with Crippen LogP contribution >= 0.6 is 23.4 Å². The zero-order valence-electron chi connectivity index (χ0n) is 10.2. The van der Waals surface area contributed by atoms with Crippen molar-refractivity contribution in [3.05, 3.63) is 58.7 Å². The Bertz CT molecular complexity index is 517. The quantitative estimate of drug-likeness (QED) is 0.887. The molecule has 0 amide bonds. The number of hydrogen-bond acceptors (Lipinski definition) is 3. The van der Waals surface area contributed by atoms with Crippen molar-refractivity contribution in [1.29, 1.82) is 0 Å². The highest BCUT2D eigenvalue weighted by atomic mass is 35.5. The molecule has 94 valence electrons. The van der Waals surface area contributed by atoms with Gasteiger partial charge in [-0.15, -0.1) is 0 Å². The minimum absolute atomic E-state index is 0.835. The molecule has 1 N–H and O–H groups in total. The first-order valence-corrected chi connectivity index (χ1v) is 7.27. The van der Waals surface area contributed by atoms with Crippen LogP contribution in [0.25, 0.3) is 0 Å². The fourth-order valence-electron chi connectivity index (χ4n) is 1.58. The zero-order chi connectivity index (χ0) is 12.8. The molecule has 18 heavy (non-hydrogen) atoms. The van der Waals surface area contributed by atoms with E-state index < -0.39 is 0 Å². The maximum absolute atomic E-state index is 6.11. The molecule has 0 saturated carbocycles. The van der Waals surface area contributed by atoms with Crippen molar-refractivity contribution in [3.63, 3.8) is 0 Å². The van der Waals surface area contributed by atoms with Crippen LogP contribution in [-0.4, -0.2) is 12.0 Å². The minimum atomic E-state index is 0.835. The topological polar surface area (TPSA) is 24.9 Å². The number of hydrogen-bond donors (Lipinski definition) is 1. The molecule has 0 radical (unpaired) electrons. The van der Waals surface area contributed by atoms with Gasteiger partial charge in [0.1, 0.15) is 5.82 Å². The molecule has 2 nitrogen and oxygen atoms in total. The Hall–Kier alpha value is -1.19. The van der Waals surface area contributed by atoms with Crippen LogP contribution in [0.4, 0.5) is 5.82 Å². The van der Waals surface area contributed by atoms with Crippen LogP contribution in [0.15, 0.2) is 42.5 Å². The lowest BCUT2D eigenvalue weighted by molar-refractivity contribution is 1.16. The third kappa shape index (κ3) is 3.65. The van der Waals surface area contributed by atoms with Crippen molar-refractivity contribution in [2.45, 2.75) is 11.5 Å². The number of anilines is 1. The predicted molar refractivity (Wildman–Crippen MR) is 80.2 cm³/mol. The maximum atomic E-state index is 6.11. The maximum Gasteiger partial charge on any atom is 0.125 e. The molecule has 0 atom stereocenters. The first-order valence-electron chi connectivity index (χ1n) is 5.74. The van der Waals surface area contributed by atoms with Gasteiger partial charge in [-0.05, 0) is 23.8 Å². The molecule has 0 fully saturated rings. The molecule has 2 aromatic rings. The van der Waals surface area contributed by atoms with Crippen LogP contribution in [-0.2, 0) is 11.5 Å². The van der Waals surface area contributed by atoms with E-state index in [1.165, 1.54) is 5.56 Å². The van der Waals surface area contributed by atoms with Crippen LogP contribution in [0, 0.1) is 0 Å². The molecule has 0 saturated heterocycles. The van der Waals surface area contributed by atoms with Gasteiger partial charge in [-0.3, -0.25) is 0 Å². The number of nitrogens with zero attached hydrogens (tertiary/aromatic N) is 1. The fraction of sp³-hybridized carbons (Fsp3) is 0.214. The summed E-state index contributed by atoms with van der Waals surface area (Å²) in [6, 6.07) is 14.0. The minimum Gasteiger partial charge on any atom is -0.373 e. The molecule has 0 aliphatic heterocycles. The second-order valence-corrected chi connectivity index (χ2v) is 5.24. The molecule has 0 aliphatic rings. The van der Waals surface area contributed by atoms with E-state index in [1.54, 1.807) is 0 Å². The van der Waals surface area contributed by atoms with Crippen LogP contribution in [0.2, 0.25) is 5.02 Å². The van der Waals surface area contributed by atoms with Crippen molar-refractivity contribution in [1.82, 2.24) is 4.98 Å². The third-order valence-electron chi connectivity index (χ3n) is 2.53. The molecule has 2 rings (SSSR count). The van der Waals surface area contributed by atoms with Gasteiger partial charge in [0.25, 0.3) is 0 Å². The number of halogens is 1. The van der Waals surface area contributed by atoms with Crippen LogP contribution < -0.4 is 5.32 Å². The van der Waals surface area contributed by atoms with Crippen molar-refractivity contribution in [3.8, 4) is 0 Å². The second kappa shape index (κ2) is 6.66. The average Bonchev–Trinajstić information content (AvgIpc) is 2.41. The smallest absolute Gasteiger partial charge is 0.125 e. The highest BCUT2D eigenvalue weighted by Gasteiger charge is 2.01. The SMILES string of the molecule is CNc1cccc(CSCc2ccccc2Cl)n1. The van der Waals surface area contributed by atoms with E-state index in [0.717, 1.165) is 28.0 Å². The Morgan fingerprint density at radius 2 is 1.94 bits per heavy atom. The number of benzene rings is 1. The molecule has 1 aromatic carbocycles. The number of thioether (sulfide) groups is 1. The Balaban J connectivity index is 1.90. The van der Waals surface area contributed by atoms with Crippen molar-refractivity contribution in [2.24, 2.45) is 0 Å². The van der Waals surface area contributed by atoms with Crippen LogP contribution in [0.3, 0.4) is 0 Å². The van der Waals surface area contributed by atoms with Crippen molar-refractivity contribution in [2.75, 3.05) is 12.4 Å². The molecule has 1 aromatic heterocycles. The van der Waals surface area contributed by atoms with E-state index in [1.807, 2.05) is 55.2 Å². The summed E-state index contributed by atoms with van der Waals surface area (Å²) in [5.41, 5.74) is 2.26. The summed E-state index contributed by atoms with van der Waals surface area (Å²) in [5, 5.41) is 3.88. The summed E-state index contributed by atoms with van der Waals surface area (Å²) >= 11 is 7.93. The lowest BCUT2D eigenvalue weighted by Crippen LogP contribution is -1.95. The summed E-state index contributed by atoms with van der Waals surface area (Å²) in [6.07, 6.45) is 0. The molecule has 1 heterocycles. The standard InChI is InChI=1S/C14H15ClN2S/c1-16-14-8-4-6-12(17-14)10-18-9-11-5-2-3-7-13(11)15/h2-8H,9-10H2,1H3,(H,16,17). The average molecular weight is 279 g/mol. The molecule has 0 spiro atoms. The van der Waals surface area contributed by atoms with Gasteiger partial charge in [0.05, 0.1) is 5.69 Å². The van der Waals surface area contributed by atoms with Gasteiger partial charge in [0.2, 0.25) is 0 Å². The van der Waals surface area contributed by atoms with E-state index in [2.05, 4.69) is 16.4 Å². The van der Waals surface area contributed by atoms with Gasteiger partial charge < -0.3 is 5.32 Å². The van der Waals surface area contributed by atoms with Crippen LogP contribution in [0.5, 0.6) is 0 Å². The molecule has 0 bridgehead atoms. The normalized spacial score (nSPS) is 10.3. The van der Waals surface area contributed by atoms with E-state index in [4.69, 9.17) is 11.6 Å². The lowest BCUT2D eigenvalue weighted by Gasteiger charge is -2.05. The third-order valence-corrected chi connectivity index (χ3v) is 3.91. The first kappa shape index (κ1) is 13.2. The lowest BCUT2D eigenvalue weighted by atomic mass is 10.2. The van der Waals surface area contributed by atoms with Gasteiger partial charge in [-0.2, -0.15) is 11.8 Å². The van der Waals surface area contributed by atoms with E-state index >= 15 is 0 Å². The Labute approximate surface area is 117 Å². The van der Waals surface area contributed by atoms with E-state index in [-0.39, 0.29) is 0 Å². The first-order chi connectivity index (χ1) is 8.79. The summed E-state index contributed by atoms with van der Waals surface area (Å²) in [6.45, 7) is 0. The van der Waals surface area contributed by atoms with Gasteiger partial charge >= 0.3 is 0 Å². The Kier molecular flexibility index (Phi) is 4.90. The molecule has 0 unspecified atom stereocenters.